The number of nitrogens with one attached hydrogen (secondary N) is 1. The number of carbonyl (C=O) groups excluding carboxylic acids is 1. The molecule has 0 radical (unpaired) electrons. The molecule has 1 aliphatic rings. The van der Waals surface area contributed by atoms with E-state index in [9.17, 15) is 9.18 Å². The highest BCUT2D eigenvalue weighted by atomic mass is 35.5. The minimum atomic E-state index is -0.467. The SMILES string of the molecule is CN(C(=O)NCc1ccc(F)c(Cl)c1)[C@@H]1CCCN(c2cccnn2)C1. The molecule has 0 spiro atoms. The Morgan fingerprint density at radius 2 is 2.31 bits per heavy atom. The van der Waals surface area contributed by atoms with Crippen molar-refractivity contribution < 1.29 is 9.18 Å². The van der Waals surface area contributed by atoms with Crippen LogP contribution in [-0.2, 0) is 6.54 Å². The predicted octanol–water partition coefficient (Wildman–Crippen LogP) is 3.08. The largest absolute Gasteiger partial charge is 0.353 e. The van der Waals surface area contributed by atoms with Crippen molar-refractivity contribution in [3.8, 4) is 0 Å². The quantitative estimate of drug-likeness (QED) is 0.889. The Morgan fingerprint density at radius 1 is 1.46 bits per heavy atom. The zero-order valence-electron chi connectivity index (χ0n) is 14.5. The smallest absolute Gasteiger partial charge is 0.317 e. The van der Waals surface area contributed by atoms with Gasteiger partial charge in [-0.1, -0.05) is 17.7 Å². The van der Waals surface area contributed by atoms with Crippen molar-refractivity contribution in [3.63, 3.8) is 0 Å². The first kappa shape index (κ1) is 18.4. The number of anilines is 1. The number of likely N-dealkylation sites (N-methyl/N-ethyl adjacent to an activating group) is 1. The highest BCUT2D eigenvalue weighted by molar-refractivity contribution is 6.30. The molecule has 1 N–H and O–H groups in total. The summed E-state index contributed by atoms with van der Waals surface area (Å²) in [7, 11) is 1.79. The van der Waals surface area contributed by atoms with Crippen molar-refractivity contribution in [1.82, 2.24) is 20.4 Å². The second-order valence-electron chi connectivity index (χ2n) is 6.34. The fourth-order valence-corrected chi connectivity index (χ4v) is 3.26. The molecule has 1 atom stereocenters. The van der Waals surface area contributed by atoms with Crippen LogP contribution in [0, 0.1) is 5.82 Å². The maximum atomic E-state index is 13.2. The lowest BCUT2D eigenvalue weighted by Crippen LogP contribution is -2.51. The van der Waals surface area contributed by atoms with Gasteiger partial charge in [-0.25, -0.2) is 9.18 Å². The first-order valence-electron chi connectivity index (χ1n) is 8.52. The van der Waals surface area contributed by atoms with E-state index in [0.717, 1.165) is 30.8 Å². The number of rotatable bonds is 4. The van der Waals surface area contributed by atoms with E-state index in [0.29, 0.717) is 13.1 Å². The topological polar surface area (TPSA) is 61.4 Å². The predicted molar refractivity (Wildman–Crippen MR) is 98.7 cm³/mol. The molecule has 138 valence electrons. The third-order valence-corrected chi connectivity index (χ3v) is 4.86. The van der Waals surface area contributed by atoms with E-state index in [-0.39, 0.29) is 17.1 Å². The Balaban J connectivity index is 1.56. The van der Waals surface area contributed by atoms with Gasteiger partial charge >= 0.3 is 6.03 Å². The van der Waals surface area contributed by atoms with Gasteiger partial charge in [0.05, 0.1) is 11.1 Å². The second-order valence-corrected chi connectivity index (χ2v) is 6.75. The normalized spacial score (nSPS) is 17.0. The van der Waals surface area contributed by atoms with Gasteiger partial charge in [-0.3, -0.25) is 0 Å². The zero-order valence-corrected chi connectivity index (χ0v) is 15.3. The van der Waals surface area contributed by atoms with Crippen LogP contribution in [0.5, 0.6) is 0 Å². The van der Waals surface area contributed by atoms with E-state index >= 15 is 0 Å². The molecule has 0 bridgehead atoms. The van der Waals surface area contributed by atoms with Crippen molar-refractivity contribution in [2.24, 2.45) is 0 Å². The Labute approximate surface area is 157 Å². The van der Waals surface area contributed by atoms with Gasteiger partial charge in [-0.15, -0.1) is 5.10 Å². The maximum absolute atomic E-state index is 13.2. The standard InChI is InChI=1S/C18H21ClFN5O/c1-24(18(26)21-11-13-6-7-16(20)15(19)10-13)14-4-3-9-25(12-14)17-5-2-8-22-23-17/h2,5-8,10,14H,3-4,9,11-12H2,1H3,(H,21,26)/t14-/m1/s1. The van der Waals surface area contributed by atoms with Gasteiger partial charge in [0.1, 0.15) is 5.82 Å². The lowest BCUT2D eigenvalue weighted by atomic mass is 10.0. The lowest BCUT2D eigenvalue weighted by Gasteiger charge is -2.37. The van der Waals surface area contributed by atoms with Crippen LogP contribution in [0.2, 0.25) is 5.02 Å². The van der Waals surface area contributed by atoms with Gasteiger partial charge in [0.2, 0.25) is 0 Å². The number of urea groups is 1. The summed E-state index contributed by atoms with van der Waals surface area (Å²) in [6.07, 6.45) is 3.56. The Kier molecular flexibility index (Phi) is 5.88. The van der Waals surface area contributed by atoms with Crippen molar-refractivity contribution in [2.75, 3.05) is 25.0 Å². The van der Waals surface area contributed by atoms with Crippen molar-refractivity contribution >= 4 is 23.4 Å². The van der Waals surface area contributed by atoms with Crippen molar-refractivity contribution in [1.29, 1.82) is 0 Å². The van der Waals surface area contributed by atoms with Gasteiger partial charge in [-0.05, 0) is 42.7 Å². The maximum Gasteiger partial charge on any atom is 0.317 e. The van der Waals surface area contributed by atoms with Crippen LogP contribution in [0.15, 0.2) is 36.5 Å². The summed E-state index contributed by atoms with van der Waals surface area (Å²) in [6.45, 7) is 1.91. The van der Waals surface area contributed by atoms with Gasteiger partial charge in [0.15, 0.2) is 5.82 Å². The Hall–Kier alpha value is -2.41. The summed E-state index contributed by atoms with van der Waals surface area (Å²) in [6, 6.07) is 8.13. The molecule has 8 heteroatoms. The van der Waals surface area contributed by atoms with Crippen LogP contribution in [0.4, 0.5) is 15.0 Å². The highest BCUT2D eigenvalue weighted by Crippen LogP contribution is 2.20. The van der Waals surface area contributed by atoms with E-state index in [1.807, 2.05) is 12.1 Å². The molecule has 2 amide bonds. The number of nitrogens with zero attached hydrogens (tertiary/aromatic N) is 4. The second kappa shape index (κ2) is 8.31. The van der Waals surface area contributed by atoms with Crippen LogP contribution >= 0.6 is 11.6 Å². The lowest BCUT2D eigenvalue weighted by molar-refractivity contribution is 0.182. The summed E-state index contributed by atoms with van der Waals surface area (Å²) in [5.41, 5.74) is 0.753. The molecule has 1 aliphatic heterocycles. The average molecular weight is 378 g/mol. The molecule has 1 fully saturated rings. The highest BCUT2D eigenvalue weighted by Gasteiger charge is 2.26. The van der Waals surface area contributed by atoms with Crippen LogP contribution in [-0.4, -0.2) is 47.3 Å². The molecule has 6 nitrogen and oxygen atoms in total. The number of aromatic nitrogens is 2. The molecule has 1 aromatic heterocycles. The summed E-state index contributed by atoms with van der Waals surface area (Å²) < 4.78 is 13.2. The summed E-state index contributed by atoms with van der Waals surface area (Å²) in [5, 5.41) is 11.0. The molecule has 0 unspecified atom stereocenters. The number of hydrogen-bond acceptors (Lipinski definition) is 4. The van der Waals surface area contributed by atoms with E-state index in [1.165, 1.54) is 12.1 Å². The zero-order chi connectivity index (χ0) is 18.5. The van der Waals surface area contributed by atoms with Crippen LogP contribution in [0.3, 0.4) is 0 Å². The van der Waals surface area contributed by atoms with E-state index < -0.39 is 5.82 Å². The first-order chi connectivity index (χ1) is 12.5. The van der Waals surface area contributed by atoms with E-state index in [4.69, 9.17) is 11.6 Å². The molecule has 1 aromatic carbocycles. The number of piperidine rings is 1. The van der Waals surface area contributed by atoms with Gasteiger partial charge in [0.25, 0.3) is 0 Å². The minimum Gasteiger partial charge on any atom is -0.353 e. The molecule has 0 aliphatic carbocycles. The number of carbonyl (C=O) groups is 1. The van der Waals surface area contributed by atoms with Crippen molar-refractivity contribution in [3.05, 3.63) is 52.9 Å². The fraction of sp³-hybridized carbons (Fsp3) is 0.389. The van der Waals surface area contributed by atoms with Gasteiger partial charge in [-0.2, -0.15) is 5.10 Å². The molecule has 2 heterocycles. The molecular weight excluding hydrogens is 357 g/mol. The van der Waals surface area contributed by atoms with Gasteiger partial charge < -0.3 is 15.1 Å². The summed E-state index contributed by atoms with van der Waals surface area (Å²) >= 11 is 5.77. The van der Waals surface area contributed by atoms with E-state index in [2.05, 4.69) is 20.4 Å². The van der Waals surface area contributed by atoms with Crippen molar-refractivity contribution in [2.45, 2.75) is 25.4 Å². The number of halogens is 2. The van der Waals surface area contributed by atoms with Crippen LogP contribution < -0.4 is 10.2 Å². The minimum absolute atomic E-state index is 0.0528. The van der Waals surface area contributed by atoms with Gasteiger partial charge in [0, 0.05) is 32.9 Å². The third-order valence-electron chi connectivity index (χ3n) is 4.57. The number of benzene rings is 1. The average Bonchev–Trinajstić information content (AvgIpc) is 2.69. The Bertz CT molecular complexity index is 761. The molecule has 0 saturated carbocycles. The van der Waals surface area contributed by atoms with Crippen LogP contribution in [0.25, 0.3) is 0 Å². The molecule has 1 saturated heterocycles. The fourth-order valence-electron chi connectivity index (χ4n) is 3.06. The third kappa shape index (κ3) is 4.40. The molecule has 26 heavy (non-hydrogen) atoms. The number of hydrogen-bond donors (Lipinski definition) is 1. The monoisotopic (exact) mass is 377 g/mol. The summed E-state index contributed by atoms with van der Waals surface area (Å²) in [4.78, 5) is 16.3. The molecule has 3 rings (SSSR count). The van der Waals surface area contributed by atoms with E-state index in [1.54, 1.807) is 24.2 Å². The first-order valence-corrected chi connectivity index (χ1v) is 8.89. The number of amides is 2. The van der Waals surface area contributed by atoms with Crippen LogP contribution in [0.1, 0.15) is 18.4 Å². The summed E-state index contributed by atoms with van der Waals surface area (Å²) in [5.74, 6) is 0.358. The molecule has 2 aromatic rings. The molecular formula is C18H21ClFN5O. The Morgan fingerprint density at radius 3 is 3.04 bits per heavy atom.